The molecule has 7 nitrogen and oxygen atoms in total. The topological polar surface area (TPSA) is 99.8 Å². The lowest BCUT2D eigenvalue weighted by atomic mass is 10.2. The summed E-state index contributed by atoms with van der Waals surface area (Å²) in [5.74, 6) is -0.901. The molecule has 2 N–H and O–H groups in total. The van der Waals surface area contributed by atoms with Crippen LogP contribution in [0.1, 0.15) is 21.7 Å². The van der Waals surface area contributed by atoms with Crippen molar-refractivity contribution in [1.82, 2.24) is 4.57 Å². The molecule has 0 radical (unpaired) electrons. The van der Waals surface area contributed by atoms with Gasteiger partial charge in [-0.05, 0) is 36.1 Å². The molecule has 0 aliphatic carbocycles. The molecule has 1 aromatic carbocycles. The number of fused-ring (bicyclic) bond motifs is 1. The maximum atomic E-state index is 11.9. The molecular weight excluding hydrogens is 330 g/mol. The second-order valence-corrected chi connectivity index (χ2v) is 6.13. The number of aryl methyl sites for hydroxylation is 2. The lowest BCUT2D eigenvalue weighted by Gasteiger charge is -2.02. The summed E-state index contributed by atoms with van der Waals surface area (Å²) in [6.45, 7) is 2.21. The van der Waals surface area contributed by atoms with Crippen LogP contribution in [0.5, 0.6) is 0 Å². The normalized spacial score (nSPS) is 11.8. The largest absolute Gasteiger partial charge is 0.419 e. The first-order valence-corrected chi connectivity index (χ1v) is 8.10. The number of oxime groups is 1. The van der Waals surface area contributed by atoms with E-state index in [1.165, 1.54) is 15.9 Å². The number of nitrogens with two attached hydrogens (primary N) is 1. The number of aromatic nitrogens is 1. The Kier molecular flexibility index (Phi) is 4.48. The third-order valence-electron chi connectivity index (χ3n) is 3.38. The Morgan fingerprint density at radius 3 is 3.00 bits per heavy atom. The van der Waals surface area contributed by atoms with Crippen LogP contribution in [0.2, 0.25) is 0 Å². The van der Waals surface area contributed by atoms with Crippen molar-refractivity contribution in [3.8, 4) is 0 Å². The third kappa shape index (κ3) is 3.38. The summed E-state index contributed by atoms with van der Waals surface area (Å²) in [5, 5.41) is 5.38. The van der Waals surface area contributed by atoms with Crippen LogP contribution in [0.4, 0.5) is 0 Å². The fraction of sp³-hybridized carbons (Fsp3) is 0.188. The molecule has 2 heterocycles. The Labute approximate surface area is 140 Å². The van der Waals surface area contributed by atoms with Crippen LogP contribution in [0.3, 0.4) is 0 Å². The fourth-order valence-corrected chi connectivity index (χ4v) is 2.79. The van der Waals surface area contributed by atoms with Crippen LogP contribution in [-0.4, -0.2) is 16.4 Å². The molecule has 8 heteroatoms. The minimum absolute atomic E-state index is 0.119. The molecule has 0 saturated carbocycles. The molecule has 0 fully saturated rings. The van der Waals surface area contributed by atoms with Crippen molar-refractivity contribution in [1.29, 1.82) is 0 Å². The number of rotatable bonds is 5. The smallest absolute Gasteiger partial charge is 0.408 e. The zero-order valence-electron chi connectivity index (χ0n) is 12.9. The van der Waals surface area contributed by atoms with Gasteiger partial charge >= 0.3 is 11.7 Å². The molecule has 24 heavy (non-hydrogen) atoms. The SMILES string of the molecule is Cc1ccc2oc(=O)n(CCC(N)=NOC(=O)c3cccs3)c2c1. The van der Waals surface area contributed by atoms with Crippen molar-refractivity contribution in [3.63, 3.8) is 0 Å². The first-order valence-electron chi connectivity index (χ1n) is 7.22. The Morgan fingerprint density at radius 1 is 1.42 bits per heavy atom. The molecule has 0 amide bonds. The highest BCUT2D eigenvalue weighted by molar-refractivity contribution is 7.11. The Balaban J connectivity index is 1.68. The number of hydrogen-bond acceptors (Lipinski definition) is 6. The highest BCUT2D eigenvalue weighted by Crippen LogP contribution is 2.15. The van der Waals surface area contributed by atoms with Crippen LogP contribution >= 0.6 is 11.3 Å². The Hall–Kier alpha value is -2.87. The highest BCUT2D eigenvalue weighted by Gasteiger charge is 2.11. The van der Waals surface area contributed by atoms with Gasteiger partial charge in [-0.25, -0.2) is 9.59 Å². The number of carbonyl (C=O) groups excluding carboxylic acids is 1. The predicted molar refractivity (Wildman–Crippen MR) is 91.2 cm³/mol. The lowest BCUT2D eigenvalue weighted by molar-refractivity contribution is 0.0520. The molecule has 0 unspecified atom stereocenters. The minimum atomic E-state index is -0.561. The van der Waals surface area contributed by atoms with E-state index < -0.39 is 11.7 Å². The van der Waals surface area contributed by atoms with Crippen LogP contribution in [0.25, 0.3) is 11.1 Å². The highest BCUT2D eigenvalue weighted by atomic mass is 32.1. The standard InChI is InChI=1S/C16H15N3O4S/c1-10-4-5-12-11(9-10)19(16(21)22-12)7-6-14(17)18-23-15(20)13-3-2-8-24-13/h2-5,8-9H,6-7H2,1H3,(H2,17,18). The number of nitrogens with zero attached hydrogens (tertiary/aromatic N) is 2. The predicted octanol–water partition coefficient (Wildman–Crippen LogP) is 2.48. The van der Waals surface area contributed by atoms with E-state index in [1.807, 2.05) is 19.1 Å². The molecule has 0 atom stereocenters. The number of thiophene rings is 1. The third-order valence-corrected chi connectivity index (χ3v) is 4.23. The first-order chi connectivity index (χ1) is 11.5. The zero-order chi connectivity index (χ0) is 17.1. The van der Waals surface area contributed by atoms with Crippen LogP contribution in [0.15, 0.2) is 50.1 Å². The van der Waals surface area contributed by atoms with Gasteiger partial charge in [0.05, 0.1) is 5.52 Å². The summed E-state index contributed by atoms with van der Waals surface area (Å²) in [6, 6.07) is 8.87. The quantitative estimate of drug-likeness (QED) is 0.331. The molecular formula is C16H15N3O4S. The van der Waals surface area contributed by atoms with Crippen molar-refractivity contribution in [2.24, 2.45) is 10.9 Å². The first kappa shape index (κ1) is 16.0. The van der Waals surface area contributed by atoms with Crippen LogP contribution in [-0.2, 0) is 11.4 Å². The number of oxazole rings is 1. The van der Waals surface area contributed by atoms with E-state index >= 15 is 0 Å². The van der Waals surface area contributed by atoms with Crippen LogP contribution < -0.4 is 11.5 Å². The van der Waals surface area contributed by atoms with Gasteiger partial charge in [-0.2, -0.15) is 0 Å². The number of carbonyl (C=O) groups is 1. The zero-order valence-corrected chi connectivity index (χ0v) is 13.7. The summed E-state index contributed by atoms with van der Waals surface area (Å²) in [7, 11) is 0. The summed E-state index contributed by atoms with van der Waals surface area (Å²) >= 11 is 1.26. The van der Waals surface area contributed by atoms with Crippen molar-refractivity contribution in [3.05, 3.63) is 56.7 Å². The molecule has 3 aromatic rings. The van der Waals surface area contributed by atoms with E-state index in [0.29, 0.717) is 16.0 Å². The van der Waals surface area contributed by atoms with E-state index in [2.05, 4.69) is 5.16 Å². The van der Waals surface area contributed by atoms with E-state index in [9.17, 15) is 9.59 Å². The maximum absolute atomic E-state index is 11.9. The van der Waals surface area contributed by atoms with Gasteiger partial charge in [0.1, 0.15) is 10.7 Å². The van der Waals surface area contributed by atoms with E-state index in [4.69, 9.17) is 15.0 Å². The Bertz CT molecular complexity index is 954. The molecule has 0 aliphatic heterocycles. The van der Waals surface area contributed by atoms with Crippen molar-refractivity contribution in [2.45, 2.75) is 19.9 Å². The number of benzene rings is 1. The van der Waals surface area contributed by atoms with Gasteiger partial charge in [0.25, 0.3) is 0 Å². The minimum Gasteiger partial charge on any atom is -0.408 e. The van der Waals surface area contributed by atoms with Gasteiger partial charge in [0, 0.05) is 13.0 Å². The van der Waals surface area contributed by atoms with E-state index in [0.717, 1.165) is 5.56 Å². The van der Waals surface area contributed by atoms with Gasteiger partial charge in [0.2, 0.25) is 0 Å². The second-order valence-electron chi connectivity index (χ2n) is 5.18. The summed E-state index contributed by atoms with van der Waals surface area (Å²) < 4.78 is 6.65. The molecule has 0 bridgehead atoms. The number of amidine groups is 1. The van der Waals surface area contributed by atoms with Crippen LogP contribution in [0, 0.1) is 6.92 Å². The summed E-state index contributed by atoms with van der Waals surface area (Å²) in [6.07, 6.45) is 0.250. The second kappa shape index (κ2) is 6.71. The van der Waals surface area contributed by atoms with Gasteiger partial charge in [-0.1, -0.05) is 17.3 Å². The molecule has 124 valence electrons. The van der Waals surface area contributed by atoms with Crippen molar-refractivity contribution < 1.29 is 14.0 Å². The van der Waals surface area contributed by atoms with E-state index in [1.54, 1.807) is 23.6 Å². The van der Waals surface area contributed by atoms with Crippen molar-refractivity contribution >= 4 is 34.2 Å². The van der Waals surface area contributed by atoms with Gasteiger partial charge in [-0.3, -0.25) is 4.57 Å². The lowest BCUT2D eigenvalue weighted by Crippen LogP contribution is -2.21. The fourth-order valence-electron chi connectivity index (χ4n) is 2.20. The average Bonchev–Trinajstić information content (AvgIpc) is 3.18. The molecule has 2 aromatic heterocycles. The summed E-state index contributed by atoms with van der Waals surface area (Å²) in [5.41, 5.74) is 7.98. The van der Waals surface area contributed by atoms with Gasteiger partial charge < -0.3 is 15.0 Å². The van der Waals surface area contributed by atoms with Crippen molar-refractivity contribution in [2.75, 3.05) is 0 Å². The average molecular weight is 345 g/mol. The maximum Gasteiger partial charge on any atom is 0.419 e. The van der Waals surface area contributed by atoms with Gasteiger partial charge in [-0.15, -0.1) is 11.3 Å². The molecule has 0 aliphatic rings. The van der Waals surface area contributed by atoms with Gasteiger partial charge in [0.15, 0.2) is 5.58 Å². The Morgan fingerprint density at radius 2 is 2.25 bits per heavy atom. The number of hydrogen-bond donors (Lipinski definition) is 1. The monoisotopic (exact) mass is 345 g/mol. The molecule has 3 rings (SSSR count). The molecule has 0 spiro atoms. The van der Waals surface area contributed by atoms with E-state index in [-0.39, 0.29) is 18.8 Å². The summed E-state index contributed by atoms with van der Waals surface area (Å²) in [4.78, 5) is 28.8. The molecule has 0 saturated heterocycles.